The van der Waals surface area contributed by atoms with Gasteiger partial charge in [0.05, 0.1) is 6.07 Å². The molecule has 0 aromatic carbocycles. The molecule has 0 N–H and O–H groups in total. The van der Waals surface area contributed by atoms with Gasteiger partial charge in [0.2, 0.25) is 0 Å². The third-order valence-corrected chi connectivity index (χ3v) is 5.98. The number of rotatable bonds is 4. The molecule has 17 heavy (non-hydrogen) atoms. The van der Waals surface area contributed by atoms with Gasteiger partial charge in [0.15, 0.2) is 0 Å². The van der Waals surface area contributed by atoms with Gasteiger partial charge in [-0.05, 0) is 74.0 Å². The highest BCUT2D eigenvalue weighted by Crippen LogP contribution is 2.58. The second kappa shape index (κ2) is 4.63. The molecule has 0 aromatic rings. The molecule has 1 nitrogen and oxygen atoms in total. The molecule has 4 bridgehead atoms. The van der Waals surface area contributed by atoms with Crippen molar-refractivity contribution in [2.45, 2.75) is 58.3 Å². The van der Waals surface area contributed by atoms with Gasteiger partial charge in [-0.3, -0.25) is 0 Å². The van der Waals surface area contributed by atoms with Crippen molar-refractivity contribution in [3.8, 4) is 6.07 Å². The molecule has 1 unspecified atom stereocenters. The second-order valence-corrected chi connectivity index (χ2v) is 6.97. The lowest BCUT2D eigenvalue weighted by atomic mass is 9.50. The van der Waals surface area contributed by atoms with Gasteiger partial charge < -0.3 is 0 Å². The van der Waals surface area contributed by atoms with Crippen LogP contribution in [-0.2, 0) is 0 Å². The summed E-state index contributed by atoms with van der Waals surface area (Å²) in [6, 6.07) is 2.39. The summed E-state index contributed by atoms with van der Waals surface area (Å²) in [5.41, 5.74) is 0. The van der Waals surface area contributed by atoms with Crippen LogP contribution in [-0.4, -0.2) is 0 Å². The average Bonchev–Trinajstić information content (AvgIpc) is 2.31. The Morgan fingerprint density at radius 1 is 1.06 bits per heavy atom. The van der Waals surface area contributed by atoms with Gasteiger partial charge in [-0.2, -0.15) is 5.26 Å². The third-order valence-electron chi connectivity index (χ3n) is 5.98. The van der Waals surface area contributed by atoms with Crippen LogP contribution in [0.5, 0.6) is 0 Å². The topological polar surface area (TPSA) is 23.8 Å². The minimum Gasteiger partial charge on any atom is -0.198 e. The fourth-order valence-corrected chi connectivity index (χ4v) is 5.33. The highest BCUT2D eigenvalue weighted by Gasteiger charge is 2.48. The molecule has 1 heteroatoms. The smallest absolute Gasteiger partial charge is 0.0624 e. The Morgan fingerprint density at radius 2 is 1.65 bits per heavy atom. The summed E-state index contributed by atoms with van der Waals surface area (Å²) >= 11 is 0. The maximum atomic E-state index is 8.90. The van der Waals surface area contributed by atoms with Gasteiger partial charge >= 0.3 is 0 Å². The van der Waals surface area contributed by atoms with Gasteiger partial charge in [-0.15, -0.1) is 0 Å². The van der Waals surface area contributed by atoms with E-state index in [1.807, 2.05) is 0 Å². The third kappa shape index (κ3) is 2.12. The molecule has 0 spiro atoms. The van der Waals surface area contributed by atoms with Crippen LogP contribution < -0.4 is 0 Å². The zero-order valence-electron chi connectivity index (χ0n) is 11.1. The van der Waals surface area contributed by atoms with Gasteiger partial charge in [-0.25, -0.2) is 0 Å². The average molecular weight is 231 g/mol. The minimum absolute atomic E-state index is 0.683. The van der Waals surface area contributed by atoms with Crippen LogP contribution in [0.15, 0.2) is 0 Å². The molecule has 4 aliphatic carbocycles. The molecule has 4 fully saturated rings. The fourth-order valence-electron chi connectivity index (χ4n) is 5.33. The fraction of sp³-hybridized carbons (Fsp3) is 0.938. The second-order valence-electron chi connectivity index (χ2n) is 6.97. The maximum Gasteiger partial charge on any atom is 0.0624 e. The van der Waals surface area contributed by atoms with Gasteiger partial charge in [0.25, 0.3) is 0 Å². The van der Waals surface area contributed by atoms with Gasteiger partial charge in [0, 0.05) is 6.42 Å². The zero-order chi connectivity index (χ0) is 11.8. The molecule has 4 saturated carbocycles. The van der Waals surface area contributed by atoms with Crippen molar-refractivity contribution in [2.24, 2.45) is 35.5 Å². The molecular formula is C16H25N. The van der Waals surface area contributed by atoms with Crippen LogP contribution >= 0.6 is 0 Å². The van der Waals surface area contributed by atoms with E-state index in [9.17, 15) is 0 Å². The van der Waals surface area contributed by atoms with Crippen LogP contribution in [0.1, 0.15) is 58.3 Å². The lowest BCUT2D eigenvalue weighted by Crippen LogP contribution is -2.45. The largest absolute Gasteiger partial charge is 0.198 e. The molecule has 4 aliphatic rings. The molecule has 0 radical (unpaired) electrons. The Morgan fingerprint density at radius 3 is 2.12 bits per heavy atom. The predicted octanol–water partition coefficient (Wildman–Crippen LogP) is 4.39. The van der Waals surface area contributed by atoms with Crippen LogP contribution in [0.4, 0.5) is 0 Å². The van der Waals surface area contributed by atoms with Crippen LogP contribution in [0, 0.1) is 46.8 Å². The summed E-state index contributed by atoms with van der Waals surface area (Å²) in [5.74, 6) is 5.93. The summed E-state index contributed by atoms with van der Waals surface area (Å²) in [5, 5.41) is 8.90. The summed E-state index contributed by atoms with van der Waals surface area (Å²) in [7, 11) is 0. The van der Waals surface area contributed by atoms with E-state index in [2.05, 4.69) is 13.0 Å². The first kappa shape index (κ1) is 11.6. The molecular weight excluding hydrogens is 206 g/mol. The van der Waals surface area contributed by atoms with Crippen molar-refractivity contribution in [1.82, 2.24) is 0 Å². The zero-order valence-corrected chi connectivity index (χ0v) is 11.1. The molecule has 4 rings (SSSR count). The Labute approximate surface area is 106 Å². The molecule has 0 amide bonds. The lowest BCUT2D eigenvalue weighted by molar-refractivity contribution is -0.0456. The highest BCUT2D eigenvalue weighted by molar-refractivity contribution is 4.98. The van der Waals surface area contributed by atoms with Crippen molar-refractivity contribution in [3.05, 3.63) is 0 Å². The van der Waals surface area contributed by atoms with Crippen molar-refractivity contribution in [2.75, 3.05) is 0 Å². The Balaban J connectivity index is 1.66. The number of hydrogen-bond donors (Lipinski definition) is 0. The van der Waals surface area contributed by atoms with Crippen molar-refractivity contribution < 1.29 is 0 Å². The number of hydrogen-bond acceptors (Lipinski definition) is 1. The van der Waals surface area contributed by atoms with Gasteiger partial charge in [0.1, 0.15) is 0 Å². The molecule has 0 heterocycles. The monoisotopic (exact) mass is 231 g/mol. The standard InChI is InChI=1S/C16H25N/c1-2-11(3-4-17)10-16-14-6-12-5-13(8-14)9-15(16)7-12/h11-16H,2-3,5-10H2,1H3. The molecule has 1 atom stereocenters. The summed E-state index contributed by atoms with van der Waals surface area (Å²) in [6.07, 6.45) is 11.0. The maximum absolute atomic E-state index is 8.90. The minimum atomic E-state index is 0.683. The predicted molar refractivity (Wildman–Crippen MR) is 69.2 cm³/mol. The Bertz CT molecular complexity index is 286. The van der Waals surface area contributed by atoms with E-state index in [1.165, 1.54) is 38.5 Å². The van der Waals surface area contributed by atoms with E-state index in [-0.39, 0.29) is 0 Å². The van der Waals surface area contributed by atoms with E-state index >= 15 is 0 Å². The first-order valence-electron chi connectivity index (χ1n) is 7.67. The van der Waals surface area contributed by atoms with Gasteiger partial charge in [-0.1, -0.05) is 13.3 Å². The molecule has 0 saturated heterocycles. The first-order chi connectivity index (χ1) is 8.30. The number of nitriles is 1. The normalized spacial score (nSPS) is 44.6. The van der Waals surface area contributed by atoms with E-state index in [1.54, 1.807) is 6.42 Å². The Kier molecular flexibility index (Phi) is 3.16. The quantitative estimate of drug-likeness (QED) is 0.704. The van der Waals surface area contributed by atoms with Crippen LogP contribution in [0.3, 0.4) is 0 Å². The van der Waals surface area contributed by atoms with E-state index in [0.29, 0.717) is 5.92 Å². The van der Waals surface area contributed by atoms with Crippen LogP contribution in [0.25, 0.3) is 0 Å². The van der Waals surface area contributed by atoms with E-state index in [4.69, 9.17) is 5.26 Å². The number of nitrogens with zero attached hydrogens (tertiary/aromatic N) is 1. The molecule has 0 aromatic heterocycles. The van der Waals surface area contributed by atoms with Crippen molar-refractivity contribution in [1.29, 1.82) is 5.26 Å². The molecule has 94 valence electrons. The summed E-state index contributed by atoms with van der Waals surface area (Å²) < 4.78 is 0. The summed E-state index contributed by atoms with van der Waals surface area (Å²) in [4.78, 5) is 0. The van der Waals surface area contributed by atoms with Crippen molar-refractivity contribution >= 4 is 0 Å². The lowest BCUT2D eigenvalue weighted by Gasteiger charge is -2.55. The highest BCUT2D eigenvalue weighted by atomic mass is 14.5. The molecule has 0 aliphatic heterocycles. The SMILES string of the molecule is CCC(CC#N)CC1C2CC3CC(C2)CC1C3. The van der Waals surface area contributed by atoms with Crippen LogP contribution in [0.2, 0.25) is 0 Å². The van der Waals surface area contributed by atoms with E-state index < -0.39 is 0 Å². The Hall–Kier alpha value is -0.510. The summed E-state index contributed by atoms with van der Waals surface area (Å²) in [6.45, 7) is 2.26. The van der Waals surface area contributed by atoms with E-state index in [0.717, 1.165) is 36.0 Å². The van der Waals surface area contributed by atoms with Crippen molar-refractivity contribution in [3.63, 3.8) is 0 Å². The first-order valence-corrected chi connectivity index (χ1v) is 7.67.